The second-order valence-corrected chi connectivity index (χ2v) is 5.05. The van der Waals surface area contributed by atoms with E-state index in [4.69, 9.17) is 14.2 Å². The molecule has 0 fully saturated rings. The first kappa shape index (κ1) is 16.7. The van der Waals surface area contributed by atoms with Crippen molar-refractivity contribution in [2.75, 3.05) is 28.4 Å². The predicted molar refractivity (Wildman–Crippen MR) is 88.3 cm³/mol. The van der Waals surface area contributed by atoms with Crippen LogP contribution in [0.1, 0.15) is 15.9 Å². The lowest BCUT2D eigenvalue weighted by Gasteiger charge is -2.20. The summed E-state index contributed by atoms with van der Waals surface area (Å²) in [6, 6.07) is 12.9. The van der Waals surface area contributed by atoms with E-state index >= 15 is 0 Å². The fraction of sp³-hybridized carbons (Fsp3) is 0.278. The molecule has 0 radical (unpaired) electrons. The van der Waals surface area contributed by atoms with Crippen molar-refractivity contribution in [3.63, 3.8) is 0 Å². The van der Waals surface area contributed by atoms with Crippen molar-refractivity contribution in [3.05, 3.63) is 53.6 Å². The first-order valence-electron chi connectivity index (χ1n) is 7.20. The molecular weight excluding hydrogens is 294 g/mol. The van der Waals surface area contributed by atoms with Crippen molar-refractivity contribution in [1.29, 1.82) is 0 Å². The normalized spacial score (nSPS) is 10.1. The lowest BCUT2D eigenvalue weighted by atomic mass is 10.1. The van der Waals surface area contributed by atoms with E-state index in [2.05, 4.69) is 0 Å². The number of hydrogen-bond acceptors (Lipinski definition) is 4. The molecule has 0 spiro atoms. The van der Waals surface area contributed by atoms with Crippen LogP contribution in [0, 0.1) is 0 Å². The molecular formula is C18H21NO4. The maximum absolute atomic E-state index is 12.8. The molecule has 2 aromatic rings. The number of nitrogens with zero attached hydrogens (tertiary/aromatic N) is 1. The van der Waals surface area contributed by atoms with Gasteiger partial charge in [0.2, 0.25) is 0 Å². The van der Waals surface area contributed by atoms with Crippen molar-refractivity contribution < 1.29 is 19.0 Å². The van der Waals surface area contributed by atoms with Crippen LogP contribution >= 0.6 is 0 Å². The molecule has 0 saturated heterocycles. The number of methoxy groups -OCH3 is 3. The van der Waals surface area contributed by atoms with E-state index in [1.54, 1.807) is 37.3 Å². The summed E-state index contributed by atoms with van der Waals surface area (Å²) in [6.07, 6.45) is 0. The van der Waals surface area contributed by atoms with Gasteiger partial charge in [-0.2, -0.15) is 0 Å². The van der Waals surface area contributed by atoms with Crippen LogP contribution in [0.5, 0.6) is 17.2 Å². The third-order valence-corrected chi connectivity index (χ3v) is 3.57. The number of ether oxygens (including phenoxy) is 3. The van der Waals surface area contributed by atoms with Crippen LogP contribution < -0.4 is 14.2 Å². The Balaban J connectivity index is 2.22. The zero-order valence-corrected chi connectivity index (χ0v) is 13.8. The Bertz CT molecular complexity index is 645. The molecule has 0 aliphatic rings. The molecule has 5 nitrogen and oxygen atoms in total. The molecule has 122 valence electrons. The van der Waals surface area contributed by atoms with Gasteiger partial charge in [-0.3, -0.25) is 4.79 Å². The predicted octanol–water partition coefficient (Wildman–Crippen LogP) is 2.98. The van der Waals surface area contributed by atoms with Gasteiger partial charge in [0.05, 0.1) is 21.3 Å². The van der Waals surface area contributed by atoms with E-state index in [1.807, 2.05) is 24.3 Å². The van der Waals surface area contributed by atoms with Crippen molar-refractivity contribution in [2.24, 2.45) is 0 Å². The number of amides is 1. The van der Waals surface area contributed by atoms with Crippen LogP contribution in [-0.4, -0.2) is 39.2 Å². The van der Waals surface area contributed by atoms with Crippen molar-refractivity contribution in [1.82, 2.24) is 4.90 Å². The monoisotopic (exact) mass is 315 g/mol. The first-order chi connectivity index (χ1) is 11.1. The molecule has 0 N–H and O–H groups in total. The van der Waals surface area contributed by atoms with E-state index in [-0.39, 0.29) is 5.91 Å². The van der Waals surface area contributed by atoms with Gasteiger partial charge < -0.3 is 19.1 Å². The zero-order chi connectivity index (χ0) is 16.8. The summed E-state index contributed by atoms with van der Waals surface area (Å²) in [5.41, 5.74) is 1.43. The third-order valence-electron chi connectivity index (χ3n) is 3.57. The summed E-state index contributed by atoms with van der Waals surface area (Å²) >= 11 is 0. The highest BCUT2D eigenvalue weighted by Crippen LogP contribution is 2.29. The Morgan fingerprint density at radius 3 is 1.96 bits per heavy atom. The van der Waals surface area contributed by atoms with E-state index in [0.717, 1.165) is 11.3 Å². The zero-order valence-electron chi connectivity index (χ0n) is 13.8. The first-order valence-corrected chi connectivity index (χ1v) is 7.20. The van der Waals surface area contributed by atoms with Crippen LogP contribution in [0.4, 0.5) is 0 Å². The van der Waals surface area contributed by atoms with E-state index in [1.165, 1.54) is 14.2 Å². The summed E-state index contributed by atoms with van der Waals surface area (Å²) in [5, 5.41) is 0. The van der Waals surface area contributed by atoms with Gasteiger partial charge in [-0.15, -0.1) is 0 Å². The Kier molecular flexibility index (Phi) is 5.46. The van der Waals surface area contributed by atoms with Crippen LogP contribution in [0.2, 0.25) is 0 Å². The number of benzene rings is 2. The van der Waals surface area contributed by atoms with Crippen molar-refractivity contribution >= 4 is 5.91 Å². The SMILES string of the molecule is COc1ccc(CN(C)C(=O)c2c(OC)cccc2OC)cc1. The molecule has 2 rings (SSSR count). The lowest BCUT2D eigenvalue weighted by molar-refractivity contribution is 0.0778. The maximum atomic E-state index is 12.8. The molecule has 0 aliphatic heterocycles. The van der Waals surface area contributed by atoms with Gasteiger partial charge in [-0.05, 0) is 29.8 Å². The van der Waals surface area contributed by atoms with Gasteiger partial charge >= 0.3 is 0 Å². The van der Waals surface area contributed by atoms with Crippen molar-refractivity contribution in [2.45, 2.75) is 6.54 Å². The van der Waals surface area contributed by atoms with Gasteiger partial charge in [0.1, 0.15) is 22.8 Å². The minimum Gasteiger partial charge on any atom is -0.497 e. The average Bonchev–Trinajstić information content (AvgIpc) is 2.60. The van der Waals surface area contributed by atoms with Gasteiger partial charge in [0.15, 0.2) is 0 Å². The van der Waals surface area contributed by atoms with Crippen LogP contribution in [-0.2, 0) is 6.54 Å². The molecule has 5 heteroatoms. The molecule has 0 heterocycles. The highest BCUT2D eigenvalue weighted by atomic mass is 16.5. The quantitative estimate of drug-likeness (QED) is 0.822. The van der Waals surface area contributed by atoms with E-state index in [9.17, 15) is 4.79 Å². The van der Waals surface area contributed by atoms with Crippen molar-refractivity contribution in [3.8, 4) is 17.2 Å². The lowest BCUT2D eigenvalue weighted by Crippen LogP contribution is -2.27. The number of carbonyl (C=O) groups excluding carboxylic acids is 1. The summed E-state index contributed by atoms with van der Waals surface area (Å²) in [6.45, 7) is 0.476. The topological polar surface area (TPSA) is 48.0 Å². The number of rotatable bonds is 6. The summed E-state index contributed by atoms with van der Waals surface area (Å²) in [7, 11) is 6.45. The second-order valence-electron chi connectivity index (χ2n) is 5.05. The number of hydrogen-bond donors (Lipinski definition) is 0. The van der Waals surface area contributed by atoms with Gasteiger partial charge in [-0.1, -0.05) is 18.2 Å². The largest absolute Gasteiger partial charge is 0.497 e. The Labute approximate surface area is 136 Å². The van der Waals surface area contributed by atoms with Crippen LogP contribution in [0.3, 0.4) is 0 Å². The minimum absolute atomic E-state index is 0.157. The highest BCUT2D eigenvalue weighted by Gasteiger charge is 2.21. The number of carbonyl (C=O) groups is 1. The Morgan fingerprint density at radius 2 is 1.48 bits per heavy atom. The maximum Gasteiger partial charge on any atom is 0.261 e. The smallest absolute Gasteiger partial charge is 0.261 e. The van der Waals surface area contributed by atoms with Crippen LogP contribution in [0.25, 0.3) is 0 Å². The molecule has 0 atom stereocenters. The van der Waals surface area contributed by atoms with Gasteiger partial charge in [-0.25, -0.2) is 0 Å². The molecule has 0 aliphatic carbocycles. The molecule has 0 unspecified atom stereocenters. The fourth-order valence-corrected chi connectivity index (χ4v) is 2.33. The second kappa shape index (κ2) is 7.54. The average molecular weight is 315 g/mol. The Morgan fingerprint density at radius 1 is 0.913 bits per heavy atom. The summed E-state index contributed by atoms with van der Waals surface area (Å²) in [4.78, 5) is 14.4. The fourth-order valence-electron chi connectivity index (χ4n) is 2.33. The van der Waals surface area contributed by atoms with Gasteiger partial charge in [0.25, 0.3) is 5.91 Å². The molecule has 0 saturated carbocycles. The summed E-state index contributed by atoms with van der Waals surface area (Å²) < 4.78 is 15.7. The van der Waals surface area contributed by atoms with Crippen LogP contribution in [0.15, 0.2) is 42.5 Å². The van der Waals surface area contributed by atoms with Gasteiger partial charge in [0, 0.05) is 13.6 Å². The highest BCUT2D eigenvalue weighted by molar-refractivity contribution is 5.99. The molecule has 23 heavy (non-hydrogen) atoms. The third kappa shape index (κ3) is 3.74. The summed E-state index contributed by atoms with van der Waals surface area (Å²) in [5.74, 6) is 1.62. The van der Waals surface area contributed by atoms with E-state index in [0.29, 0.717) is 23.6 Å². The van der Waals surface area contributed by atoms with E-state index < -0.39 is 0 Å². The molecule has 1 amide bonds. The standard InChI is InChI=1S/C18H21NO4/c1-19(12-13-8-10-14(21-2)11-9-13)18(20)17-15(22-3)6-5-7-16(17)23-4/h5-11H,12H2,1-4H3. The minimum atomic E-state index is -0.157. The molecule has 0 bridgehead atoms. The molecule has 2 aromatic carbocycles. The Hall–Kier alpha value is -2.69. The molecule has 0 aromatic heterocycles.